The van der Waals surface area contributed by atoms with E-state index in [2.05, 4.69) is 6.07 Å². The van der Waals surface area contributed by atoms with Crippen molar-refractivity contribution in [2.45, 2.75) is 19.4 Å². The molecule has 1 rings (SSSR count). The zero-order chi connectivity index (χ0) is 11.3. The first-order valence-electron chi connectivity index (χ1n) is 5.01. The van der Waals surface area contributed by atoms with E-state index in [1.807, 2.05) is 36.2 Å². The molecule has 1 atom stereocenters. The summed E-state index contributed by atoms with van der Waals surface area (Å²) in [6, 6.07) is 9.84. The van der Waals surface area contributed by atoms with Crippen LogP contribution in [0.25, 0.3) is 0 Å². The van der Waals surface area contributed by atoms with Crippen LogP contribution in [0.1, 0.15) is 25.0 Å². The zero-order valence-corrected chi connectivity index (χ0v) is 9.14. The maximum absolute atomic E-state index is 9.34. The Hall–Kier alpha value is -1.53. The normalized spacial score (nSPS) is 11.9. The topological polar surface area (TPSA) is 47.3 Å². The summed E-state index contributed by atoms with van der Waals surface area (Å²) in [5, 5.41) is 17.8. The second-order valence-electron chi connectivity index (χ2n) is 3.60. The van der Waals surface area contributed by atoms with Gasteiger partial charge in [0, 0.05) is 19.3 Å². The molecule has 15 heavy (non-hydrogen) atoms. The Morgan fingerprint density at radius 3 is 2.47 bits per heavy atom. The molecule has 1 N–H and O–H groups in total. The van der Waals surface area contributed by atoms with Crippen molar-refractivity contribution < 1.29 is 5.11 Å². The van der Waals surface area contributed by atoms with Crippen LogP contribution < -0.4 is 4.90 Å². The van der Waals surface area contributed by atoms with Gasteiger partial charge in [0.15, 0.2) is 0 Å². The van der Waals surface area contributed by atoms with E-state index >= 15 is 0 Å². The van der Waals surface area contributed by atoms with E-state index in [1.165, 1.54) is 0 Å². The highest BCUT2D eigenvalue weighted by Crippen LogP contribution is 2.18. The summed E-state index contributed by atoms with van der Waals surface area (Å²) in [6.45, 7) is 2.47. The summed E-state index contributed by atoms with van der Waals surface area (Å²) in [5.74, 6) is 0. The van der Waals surface area contributed by atoms with E-state index in [0.29, 0.717) is 6.42 Å². The number of aliphatic hydroxyl groups is 1. The largest absolute Gasteiger partial charge is 0.389 e. The van der Waals surface area contributed by atoms with Gasteiger partial charge in [-0.3, -0.25) is 0 Å². The third-order valence-corrected chi connectivity index (χ3v) is 2.38. The Labute approximate surface area is 90.6 Å². The smallest absolute Gasteiger partial charge is 0.0761 e. The van der Waals surface area contributed by atoms with Crippen LogP contribution in [0.15, 0.2) is 24.3 Å². The fourth-order valence-electron chi connectivity index (χ4n) is 1.35. The minimum absolute atomic E-state index is 0.427. The Kier molecular flexibility index (Phi) is 4.14. The SMILES string of the molecule is C[C@@H](O)c1ccc(N(C)CCC#N)cc1. The van der Waals surface area contributed by atoms with E-state index in [9.17, 15) is 5.11 Å². The molecule has 1 aromatic rings. The number of hydrogen-bond donors (Lipinski definition) is 1. The minimum Gasteiger partial charge on any atom is -0.389 e. The Bertz CT molecular complexity index is 338. The van der Waals surface area contributed by atoms with E-state index in [4.69, 9.17) is 5.26 Å². The lowest BCUT2D eigenvalue weighted by molar-refractivity contribution is 0.199. The highest BCUT2D eigenvalue weighted by atomic mass is 16.3. The zero-order valence-electron chi connectivity index (χ0n) is 9.14. The van der Waals surface area contributed by atoms with Crippen molar-refractivity contribution >= 4 is 5.69 Å². The van der Waals surface area contributed by atoms with Crippen LogP contribution in [0.5, 0.6) is 0 Å². The van der Waals surface area contributed by atoms with Crippen LogP contribution in [-0.2, 0) is 0 Å². The number of nitrogens with zero attached hydrogens (tertiary/aromatic N) is 2. The second kappa shape index (κ2) is 5.38. The molecule has 0 radical (unpaired) electrons. The fourth-order valence-corrected chi connectivity index (χ4v) is 1.35. The van der Waals surface area contributed by atoms with Crippen molar-refractivity contribution in [1.29, 1.82) is 5.26 Å². The van der Waals surface area contributed by atoms with Gasteiger partial charge in [0.05, 0.1) is 18.6 Å². The van der Waals surface area contributed by atoms with E-state index in [1.54, 1.807) is 6.92 Å². The maximum Gasteiger partial charge on any atom is 0.0761 e. The van der Waals surface area contributed by atoms with Gasteiger partial charge in [-0.05, 0) is 24.6 Å². The molecule has 0 saturated carbocycles. The fraction of sp³-hybridized carbons (Fsp3) is 0.417. The molecule has 3 nitrogen and oxygen atoms in total. The first-order chi connectivity index (χ1) is 7.15. The van der Waals surface area contributed by atoms with Crippen molar-refractivity contribution in [2.24, 2.45) is 0 Å². The Balaban J connectivity index is 2.67. The predicted molar refractivity (Wildman–Crippen MR) is 60.6 cm³/mol. The molecule has 0 unspecified atom stereocenters. The van der Waals surface area contributed by atoms with Crippen LogP contribution >= 0.6 is 0 Å². The van der Waals surface area contributed by atoms with Crippen LogP contribution in [0.4, 0.5) is 5.69 Å². The molecule has 0 heterocycles. The van der Waals surface area contributed by atoms with Gasteiger partial charge < -0.3 is 10.0 Å². The molecule has 0 aliphatic heterocycles. The molecular weight excluding hydrogens is 188 g/mol. The summed E-state index contributed by atoms with van der Waals surface area (Å²) in [7, 11) is 1.95. The molecule has 0 aliphatic carbocycles. The van der Waals surface area contributed by atoms with Gasteiger partial charge in [0.2, 0.25) is 0 Å². The maximum atomic E-state index is 9.34. The molecule has 0 amide bonds. The van der Waals surface area contributed by atoms with Crippen LogP contribution in [0, 0.1) is 11.3 Å². The molecule has 0 spiro atoms. The molecule has 0 aromatic heterocycles. The number of benzene rings is 1. The van der Waals surface area contributed by atoms with Crippen LogP contribution in [0.3, 0.4) is 0 Å². The van der Waals surface area contributed by atoms with Gasteiger partial charge in [0.1, 0.15) is 0 Å². The van der Waals surface area contributed by atoms with Gasteiger partial charge in [-0.1, -0.05) is 12.1 Å². The van der Waals surface area contributed by atoms with Crippen molar-refractivity contribution in [2.75, 3.05) is 18.5 Å². The van der Waals surface area contributed by atoms with Gasteiger partial charge in [0.25, 0.3) is 0 Å². The average Bonchev–Trinajstić information content (AvgIpc) is 2.26. The number of aliphatic hydroxyl groups excluding tert-OH is 1. The number of nitriles is 1. The first-order valence-corrected chi connectivity index (χ1v) is 5.01. The van der Waals surface area contributed by atoms with E-state index in [-0.39, 0.29) is 0 Å². The summed E-state index contributed by atoms with van der Waals surface area (Å²) < 4.78 is 0. The number of anilines is 1. The number of rotatable bonds is 4. The standard InChI is InChI=1S/C12H16N2O/c1-10(15)11-4-6-12(7-5-11)14(2)9-3-8-13/h4-7,10,15H,3,9H2,1-2H3/t10-/m1/s1. The summed E-state index contributed by atoms with van der Waals surface area (Å²) in [5.41, 5.74) is 1.97. The van der Waals surface area contributed by atoms with Crippen molar-refractivity contribution in [3.63, 3.8) is 0 Å². The monoisotopic (exact) mass is 204 g/mol. The molecule has 0 bridgehead atoms. The highest BCUT2D eigenvalue weighted by Gasteiger charge is 2.02. The lowest BCUT2D eigenvalue weighted by atomic mass is 10.1. The molecule has 80 valence electrons. The molecule has 3 heteroatoms. The van der Waals surface area contributed by atoms with Crippen molar-refractivity contribution in [3.8, 4) is 6.07 Å². The molecule has 0 fully saturated rings. The summed E-state index contributed by atoms with van der Waals surface area (Å²) in [4.78, 5) is 2.02. The van der Waals surface area contributed by atoms with Crippen molar-refractivity contribution in [1.82, 2.24) is 0 Å². The van der Waals surface area contributed by atoms with E-state index < -0.39 is 6.10 Å². The summed E-state index contributed by atoms with van der Waals surface area (Å²) >= 11 is 0. The average molecular weight is 204 g/mol. The van der Waals surface area contributed by atoms with E-state index in [0.717, 1.165) is 17.8 Å². The Morgan fingerprint density at radius 1 is 1.40 bits per heavy atom. The molecule has 1 aromatic carbocycles. The van der Waals surface area contributed by atoms with Gasteiger partial charge in [-0.25, -0.2) is 0 Å². The minimum atomic E-state index is -0.427. The van der Waals surface area contributed by atoms with Gasteiger partial charge in [-0.2, -0.15) is 5.26 Å². The lowest BCUT2D eigenvalue weighted by Crippen LogP contribution is -2.17. The third kappa shape index (κ3) is 3.26. The second-order valence-corrected chi connectivity index (χ2v) is 3.60. The quantitative estimate of drug-likeness (QED) is 0.817. The third-order valence-electron chi connectivity index (χ3n) is 2.38. The summed E-state index contributed by atoms with van der Waals surface area (Å²) in [6.07, 6.45) is 0.0951. The molecular formula is C12H16N2O. The molecule has 0 aliphatic rings. The Morgan fingerprint density at radius 2 is 2.00 bits per heavy atom. The highest BCUT2D eigenvalue weighted by molar-refractivity contribution is 5.47. The van der Waals surface area contributed by atoms with Crippen molar-refractivity contribution in [3.05, 3.63) is 29.8 Å². The van der Waals surface area contributed by atoms with Crippen LogP contribution in [0.2, 0.25) is 0 Å². The van der Waals surface area contributed by atoms with Crippen LogP contribution in [-0.4, -0.2) is 18.7 Å². The number of hydrogen-bond acceptors (Lipinski definition) is 3. The first kappa shape index (κ1) is 11.5. The molecule has 0 saturated heterocycles. The predicted octanol–water partition coefficient (Wildman–Crippen LogP) is 2.09. The van der Waals surface area contributed by atoms with Gasteiger partial charge >= 0.3 is 0 Å². The lowest BCUT2D eigenvalue weighted by Gasteiger charge is -2.18. The van der Waals surface area contributed by atoms with Gasteiger partial charge in [-0.15, -0.1) is 0 Å².